The third kappa shape index (κ3) is 3.53. The molecule has 1 fully saturated rings. The van der Waals surface area contributed by atoms with E-state index in [0.717, 1.165) is 15.9 Å². The standard InChI is InChI=1S/C17H23N3S2/c1-3-14(13-8-5-4-6-9-13)15-10-7-11-20(15)12-16-18-19-17(21-2)22-16/h4-6,8-9,14-15H,3,7,10-12H2,1-2H3. The van der Waals surface area contributed by atoms with Crippen molar-refractivity contribution in [3.8, 4) is 0 Å². The largest absolute Gasteiger partial charge is 0.293 e. The van der Waals surface area contributed by atoms with Gasteiger partial charge in [0, 0.05) is 6.04 Å². The van der Waals surface area contributed by atoms with Gasteiger partial charge in [-0.15, -0.1) is 10.2 Å². The highest BCUT2D eigenvalue weighted by Gasteiger charge is 2.32. The molecule has 22 heavy (non-hydrogen) atoms. The van der Waals surface area contributed by atoms with Crippen LogP contribution < -0.4 is 0 Å². The summed E-state index contributed by atoms with van der Waals surface area (Å²) in [7, 11) is 0. The summed E-state index contributed by atoms with van der Waals surface area (Å²) in [5, 5.41) is 9.73. The van der Waals surface area contributed by atoms with Crippen LogP contribution in [0.2, 0.25) is 0 Å². The van der Waals surface area contributed by atoms with Crippen LogP contribution in [-0.2, 0) is 6.54 Å². The first-order chi connectivity index (χ1) is 10.8. The summed E-state index contributed by atoms with van der Waals surface area (Å²) in [6.45, 7) is 4.44. The highest BCUT2D eigenvalue weighted by Crippen LogP contribution is 2.35. The zero-order chi connectivity index (χ0) is 15.4. The molecule has 0 N–H and O–H groups in total. The Bertz CT molecular complexity index is 585. The van der Waals surface area contributed by atoms with Crippen molar-refractivity contribution in [2.75, 3.05) is 12.8 Å². The van der Waals surface area contributed by atoms with E-state index in [4.69, 9.17) is 0 Å². The van der Waals surface area contributed by atoms with E-state index in [1.807, 2.05) is 0 Å². The lowest BCUT2D eigenvalue weighted by atomic mass is 9.88. The fraction of sp³-hybridized carbons (Fsp3) is 0.529. The van der Waals surface area contributed by atoms with Crippen LogP contribution in [0.15, 0.2) is 34.7 Å². The van der Waals surface area contributed by atoms with Gasteiger partial charge in [0.1, 0.15) is 5.01 Å². The SMILES string of the molecule is CCC(c1ccccc1)C1CCCN1Cc1nnc(SC)s1. The van der Waals surface area contributed by atoms with Gasteiger partial charge in [0.15, 0.2) is 4.34 Å². The Kier molecular flexibility index (Phi) is 5.50. The first-order valence-corrected chi connectivity index (χ1v) is 10.0. The Morgan fingerprint density at radius 3 is 2.82 bits per heavy atom. The second-order valence-corrected chi connectivity index (χ2v) is 7.89. The maximum absolute atomic E-state index is 4.35. The molecule has 0 radical (unpaired) electrons. The third-order valence-electron chi connectivity index (χ3n) is 4.51. The highest BCUT2D eigenvalue weighted by molar-refractivity contribution is 8.00. The summed E-state index contributed by atoms with van der Waals surface area (Å²) in [5.74, 6) is 0.622. The van der Waals surface area contributed by atoms with Gasteiger partial charge in [-0.2, -0.15) is 0 Å². The number of hydrogen-bond acceptors (Lipinski definition) is 5. The molecule has 1 aliphatic heterocycles. The number of rotatable bonds is 6. The van der Waals surface area contributed by atoms with E-state index >= 15 is 0 Å². The Hall–Kier alpha value is -0.910. The number of aromatic nitrogens is 2. The summed E-state index contributed by atoms with van der Waals surface area (Å²) in [5.41, 5.74) is 1.48. The molecule has 0 bridgehead atoms. The van der Waals surface area contributed by atoms with Crippen molar-refractivity contribution in [2.45, 2.75) is 49.0 Å². The van der Waals surface area contributed by atoms with E-state index < -0.39 is 0 Å². The van der Waals surface area contributed by atoms with Gasteiger partial charge in [-0.25, -0.2) is 0 Å². The van der Waals surface area contributed by atoms with Crippen molar-refractivity contribution in [1.82, 2.24) is 15.1 Å². The molecule has 0 amide bonds. The molecule has 3 nitrogen and oxygen atoms in total. The lowest BCUT2D eigenvalue weighted by molar-refractivity contribution is 0.211. The average Bonchev–Trinajstić information content (AvgIpc) is 3.20. The molecule has 1 aromatic carbocycles. The van der Waals surface area contributed by atoms with Gasteiger partial charge in [-0.3, -0.25) is 4.90 Å². The Morgan fingerprint density at radius 1 is 1.32 bits per heavy atom. The van der Waals surface area contributed by atoms with Gasteiger partial charge in [0.25, 0.3) is 0 Å². The molecular formula is C17H23N3S2. The molecule has 5 heteroatoms. The van der Waals surface area contributed by atoms with E-state index in [2.05, 4.69) is 58.6 Å². The normalized spacial score (nSPS) is 20.4. The van der Waals surface area contributed by atoms with E-state index in [1.165, 1.54) is 31.4 Å². The molecule has 1 aliphatic rings. The Balaban J connectivity index is 1.74. The van der Waals surface area contributed by atoms with Gasteiger partial charge in [-0.1, -0.05) is 60.4 Å². The molecule has 1 saturated heterocycles. The molecular weight excluding hydrogens is 310 g/mol. The maximum atomic E-state index is 4.35. The molecule has 2 aromatic rings. The predicted octanol–water partition coefficient (Wildman–Crippen LogP) is 4.42. The molecule has 118 valence electrons. The molecule has 0 aliphatic carbocycles. The Morgan fingerprint density at radius 2 is 2.14 bits per heavy atom. The van der Waals surface area contributed by atoms with Crippen molar-refractivity contribution in [2.24, 2.45) is 0 Å². The predicted molar refractivity (Wildman–Crippen MR) is 94.6 cm³/mol. The van der Waals surface area contributed by atoms with Crippen LogP contribution in [-0.4, -0.2) is 33.9 Å². The van der Waals surface area contributed by atoms with Gasteiger partial charge < -0.3 is 0 Å². The quantitative estimate of drug-likeness (QED) is 0.732. The lowest BCUT2D eigenvalue weighted by Gasteiger charge is -2.31. The van der Waals surface area contributed by atoms with Crippen LogP contribution in [0.4, 0.5) is 0 Å². The van der Waals surface area contributed by atoms with Crippen LogP contribution in [0.1, 0.15) is 42.7 Å². The minimum absolute atomic E-state index is 0.622. The second-order valence-electron chi connectivity index (χ2n) is 5.77. The first-order valence-electron chi connectivity index (χ1n) is 7.97. The zero-order valence-electron chi connectivity index (χ0n) is 13.2. The number of thioether (sulfide) groups is 1. The number of likely N-dealkylation sites (tertiary alicyclic amines) is 1. The molecule has 2 unspecified atom stereocenters. The molecule has 0 spiro atoms. The fourth-order valence-electron chi connectivity index (χ4n) is 3.49. The van der Waals surface area contributed by atoms with E-state index in [1.54, 1.807) is 23.1 Å². The van der Waals surface area contributed by atoms with Crippen LogP contribution in [0.5, 0.6) is 0 Å². The van der Waals surface area contributed by atoms with E-state index in [9.17, 15) is 0 Å². The fourth-order valence-corrected chi connectivity index (χ4v) is 4.83. The number of benzene rings is 1. The van der Waals surface area contributed by atoms with Crippen LogP contribution in [0, 0.1) is 0 Å². The van der Waals surface area contributed by atoms with Crippen molar-refractivity contribution >= 4 is 23.1 Å². The third-order valence-corrected chi connectivity index (χ3v) is 6.39. The topological polar surface area (TPSA) is 29.0 Å². The molecule has 0 saturated carbocycles. The van der Waals surface area contributed by atoms with Crippen LogP contribution in [0.25, 0.3) is 0 Å². The van der Waals surface area contributed by atoms with Crippen molar-refractivity contribution in [1.29, 1.82) is 0 Å². The van der Waals surface area contributed by atoms with Crippen LogP contribution in [0.3, 0.4) is 0 Å². The van der Waals surface area contributed by atoms with Gasteiger partial charge in [0.05, 0.1) is 6.54 Å². The summed E-state index contributed by atoms with van der Waals surface area (Å²) >= 11 is 3.42. The van der Waals surface area contributed by atoms with Crippen LogP contribution >= 0.6 is 23.1 Å². The monoisotopic (exact) mass is 333 g/mol. The van der Waals surface area contributed by atoms with Gasteiger partial charge >= 0.3 is 0 Å². The van der Waals surface area contributed by atoms with E-state index in [0.29, 0.717) is 12.0 Å². The zero-order valence-corrected chi connectivity index (χ0v) is 14.9. The van der Waals surface area contributed by atoms with Gasteiger partial charge in [-0.05, 0) is 43.5 Å². The van der Waals surface area contributed by atoms with Gasteiger partial charge in [0.2, 0.25) is 0 Å². The molecule has 1 aromatic heterocycles. The Labute approximate surface area is 141 Å². The molecule has 3 rings (SSSR count). The van der Waals surface area contributed by atoms with Crippen molar-refractivity contribution in [3.63, 3.8) is 0 Å². The number of hydrogen-bond donors (Lipinski definition) is 0. The minimum atomic E-state index is 0.622. The molecule has 2 heterocycles. The summed E-state index contributed by atoms with van der Waals surface area (Å²) in [4.78, 5) is 2.62. The summed E-state index contributed by atoms with van der Waals surface area (Å²) < 4.78 is 1.07. The first kappa shape index (κ1) is 16.0. The average molecular weight is 334 g/mol. The van der Waals surface area contributed by atoms with E-state index in [-0.39, 0.29) is 0 Å². The van der Waals surface area contributed by atoms with Crippen molar-refractivity contribution < 1.29 is 0 Å². The smallest absolute Gasteiger partial charge is 0.174 e. The number of nitrogens with zero attached hydrogens (tertiary/aromatic N) is 3. The summed E-state index contributed by atoms with van der Waals surface area (Å²) in [6.07, 6.45) is 5.84. The maximum Gasteiger partial charge on any atom is 0.174 e. The highest BCUT2D eigenvalue weighted by atomic mass is 32.2. The minimum Gasteiger partial charge on any atom is -0.293 e. The lowest BCUT2D eigenvalue weighted by Crippen LogP contribution is -2.33. The second kappa shape index (κ2) is 7.57. The molecule has 2 atom stereocenters. The summed E-state index contributed by atoms with van der Waals surface area (Å²) in [6, 6.07) is 11.6. The van der Waals surface area contributed by atoms with Crippen molar-refractivity contribution in [3.05, 3.63) is 40.9 Å².